The molecule has 1 aromatic heterocycles. The number of rotatable bonds is 5. The second-order valence-corrected chi connectivity index (χ2v) is 5.30. The van der Waals surface area contributed by atoms with Gasteiger partial charge in [0.15, 0.2) is 11.6 Å². The molecule has 3 rings (SSSR count). The molecule has 0 amide bonds. The Balaban J connectivity index is 0.000000444. The van der Waals surface area contributed by atoms with Crippen LogP contribution < -0.4 is 10.6 Å². The molecule has 2 aliphatic rings. The number of ketones is 2. The average Bonchev–Trinajstić information content (AvgIpc) is 2.69. The monoisotopic (exact) mass is 406 g/mol. The van der Waals surface area contributed by atoms with Crippen molar-refractivity contribution in [3.05, 3.63) is 103 Å². The number of aromatic nitrogens is 1. The third kappa shape index (κ3) is 8.80. The van der Waals surface area contributed by atoms with E-state index in [0.717, 1.165) is 0 Å². The molecule has 0 unspecified atom stereocenters. The Hall–Kier alpha value is -2.96. The molecule has 5 nitrogen and oxygen atoms in total. The molecule has 2 N–H and O–H groups in total. The quantitative estimate of drug-likeness (QED) is 0.581. The van der Waals surface area contributed by atoms with Gasteiger partial charge in [0.25, 0.3) is 0 Å². The molecule has 0 saturated heterocycles. The van der Waals surface area contributed by atoms with Crippen molar-refractivity contribution in [1.29, 1.82) is 0 Å². The van der Waals surface area contributed by atoms with Gasteiger partial charge in [-0.3, -0.25) is 14.6 Å². The normalized spacial score (nSPS) is 17.3. The number of allylic oxidation sites excluding steroid dienone is 10. The van der Waals surface area contributed by atoms with Crippen LogP contribution in [0.4, 0.5) is 0 Å². The van der Waals surface area contributed by atoms with Gasteiger partial charge in [0.2, 0.25) is 0 Å². The Labute approximate surface area is 169 Å². The first kappa shape index (κ1) is 22.1. The molecule has 141 valence electrons. The molecule has 1 heterocycles. The fourth-order valence-corrected chi connectivity index (χ4v) is 2.02. The van der Waals surface area contributed by atoms with Crippen molar-refractivity contribution in [3.8, 4) is 0 Å². The molecular weight excluding hydrogens is 385 g/mol. The molecule has 0 aliphatic heterocycles. The van der Waals surface area contributed by atoms with Crippen molar-refractivity contribution < 1.29 is 26.4 Å². The molecule has 0 saturated carbocycles. The summed E-state index contributed by atoms with van der Waals surface area (Å²) in [5.74, 6) is -0.000363. The van der Waals surface area contributed by atoms with Crippen LogP contribution in [0.3, 0.4) is 0 Å². The van der Waals surface area contributed by atoms with Gasteiger partial charge in [0, 0.05) is 65.8 Å². The van der Waals surface area contributed by atoms with E-state index in [0.29, 0.717) is 24.2 Å². The van der Waals surface area contributed by atoms with Gasteiger partial charge < -0.3 is 10.6 Å². The topological polar surface area (TPSA) is 71.1 Å². The van der Waals surface area contributed by atoms with Crippen LogP contribution >= 0.6 is 0 Å². The van der Waals surface area contributed by atoms with Gasteiger partial charge in [-0.2, -0.15) is 0 Å². The van der Waals surface area contributed by atoms with Gasteiger partial charge >= 0.3 is 0 Å². The first-order valence-electron chi connectivity index (χ1n) is 8.27. The molecule has 1 radical (unpaired) electrons. The van der Waals surface area contributed by atoms with E-state index in [9.17, 15) is 9.59 Å². The molecule has 0 atom stereocenters. The van der Waals surface area contributed by atoms with Crippen molar-refractivity contribution in [1.82, 2.24) is 15.6 Å². The van der Waals surface area contributed by atoms with E-state index in [-0.39, 0.29) is 28.3 Å². The zero-order chi connectivity index (χ0) is 18.5. The Morgan fingerprint density at radius 1 is 0.704 bits per heavy atom. The zero-order valence-electron chi connectivity index (χ0n) is 14.7. The maximum atomic E-state index is 11.4. The summed E-state index contributed by atoms with van der Waals surface area (Å²) in [5, 5.41) is 6.12. The van der Waals surface area contributed by atoms with E-state index >= 15 is 0 Å². The third-order valence-corrected chi connectivity index (χ3v) is 3.33. The Morgan fingerprint density at radius 3 is 1.48 bits per heavy atom. The maximum Gasteiger partial charge on any atom is 0.187 e. The van der Waals surface area contributed by atoms with Gasteiger partial charge in [-0.25, -0.2) is 0 Å². The molecule has 0 fully saturated rings. The number of carbonyl (C=O) groups is 2. The molecule has 0 spiro atoms. The molecular formula is C21H21CoN3O2. The Kier molecular flexibility index (Phi) is 10.8. The summed E-state index contributed by atoms with van der Waals surface area (Å²) in [6, 6.07) is 5.72. The number of hydrogen-bond acceptors (Lipinski definition) is 5. The van der Waals surface area contributed by atoms with E-state index in [1.54, 1.807) is 49.1 Å². The third-order valence-electron chi connectivity index (χ3n) is 3.33. The van der Waals surface area contributed by atoms with E-state index in [1.165, 1.54) is 12.2 Å². The predicted octanol–water partition coefficient (Wildman–Crippen LogP) is 2.40. The number of pyridine rings is 1. The smallest absolute Gasteiger partial charge is 0.187 e. The van der Waals surface area contributed by atoms with Crippen LogP contribution in [0.25, 0.3) is 0 Å². The van der Waals surface area contributed by atoms with Crippen LogP contribution in [0, 0.1) is 0 Å². The van der Waals surface area contributed by atoms with Crippen LogP contribution in [0.15, 0.2) is 103 Å². The average molecular weight is 406 g/mol. The first-order valence-corrected chi connectivity index (χ1v) is 8.27. The van der Waals surface area contributed by atoms with E-state index in [4.69, 9.17) is 0 Å². The minimum atomic E-state index is -0.000182. The molecule has 0 bridgehead atoms. The Bertz CT molecular complexity index is 712. The van der Waals surface area contributed by atoms with Gasteiger partial charge in [-0.15, -0.1) is 0 Å². The standard InChI is InChI=1S/C16H16N2O2.C5H5N.Co/c19-15-7-3-1-5-13(15)11-17-9-10-18-12-14-6-2-4-8-16(14)20;1-2-4-6-5-3-1;/h1-8,11-12,17-18H,9-10H2;1-5H;/b13-11-,14-12-;;. The largest absolute Gasteiger partial charge is 0.389 e. The summed E-state index contributed by atoms with van der Waals surface area (Å²) in [4.78, 5) is 26.7. The maximum absolute atomic E-state index is 11.4. The number of hydrogen-bond donors (Lipinski definition) is 2. The van der Waals surface area contributed by atoms with E-state index in [1.807, 2.05) is 30.4 Å². The summed E-state index contributed by atoms with van der Waals surface area (Å²) >= 11 is 0. The van der Waals surface area contributed by atoms with Crippen LogP contribution in [0.1, 0.15) is 0 Å². The van der Waals surface area contributed by atoms with E-state index < -0.39 is 0 Å². The molecule has 1 aromatic rings. The summed E-state index contributed by atoms with van der Waals surface area (Å²) in [5.41, 5.74) is 1.28. The molecule has 0 aromatic carbocycles. The van der Waals surface area contributed by atoms with Crippen molar-refractivity contribution in [2.45, 2.75) is 0 Å². The predicted molar refractivity (Wildman–Crippen MR) is 103 cm³/mol. The second kappa shape index (κ2) is 13.3. The van der Waals surface area contributed by atoms with Gasteiger partial charge in [0.1, 0.15) is 0 Å². The zero-order valence-corrected chi connectivity index (χ0v) is 15.7. The van der Waals surface area contributed by atoms with Gasteiger partial charge in [-0.1, -0.05) is 30.4 Å². The molecule has 6 heteroatoms. The van der Waals surface area contributed by atoms with Crippen LogP contribution in [-0.2, 0) is 26.4 Å². The SMILES string of the molecule is O=C1C=CC=C/C1=C/NCCN/C=C1/C=CC=CC1=O.[Co].c1ccncc1. The minimum Gasteiger partial charge on any atom is -0.389 e. The van der Waals surface area contributed by atoms with Gasteiger partial charge in [0.05, 0.1) is 0 Å². The van der Waals surface area contributed by atoms with E-state index in [2.05, 4.69) is 15.6 Å². The van der Waals surface area contributed by atoms with Crippen LogP contribution in [-0.4, -0.2) is 29.6 Å². The Morgan fingerprint density at radius 2 is 1.15 bits per heavy atom. The summed E-state index contributed by atoms with van der Waals surface area (Å²) < 4.78 is 0. The van der Waals surface area contributed by atoms with Crippen molar-refractivity contribution >= 4 is 11.6 Å². The second-order valence-electron chi connectivity index (χ2n) is 5.30. The molecule has 2 aliphatic carbocycles. The minimum absolute atomic E-state index is 0. The van der Waals surface area contributed by atoms with Crippen LogP contribution in [0.2, 0.25) is 0 Å². The fourth-order valence-electron chi connectivity index (χ4n) is 2.02. The van der Waals surface area contributed by atoms with Crippen molar-refractivity contribution in [2.75, 3.05) is 13.1 Å². The first-order chi connectivity index (χ1) is 12.8. The van der Waals surface area contributed by atoms with Crippen molar-refractivity contribution in [2.24, 2.45) is 0 Å². The number of nitrogens with one attached hydrogen (secondary N) is 2. The summed E-state index contributed by atoms with van der Waals surface area (Å²) in [7, 11) is 0. The number of nitrogens with zero attached hydrogens (tertiary/aromatic N) is 1. The van der Waals surface area contributed by atoms with Crippen molar-refractivity contribution in [3.63, 3.8) is 0 Å². The summed E-state index contributed by atoms with van der Waals surface area (Å²) in [6.07, 6.45) is 20.6. The van der Waals surface area contributed by atoms with Crippen LogP contribution in [0.5, 0.6) is 0 Å². The fraction of sp³-hybridized carbons (Fsp3) is 0.0952. The van der Waals surface area contributed by atoms with Gasteiger partial charge in [-0.05, 0) is 36.4 Å². The summed E-state index contributed by atoms with van der Waals surface area (Å²) in [6.45, 7) is 1.32. The number of carbonyl (C=O) groups excluding carboxylic acids is 2. The molecule has 27 heavy (non-hydrogen) atoms.